The van der Waals surface area contributed by atoms with Crippen molar-refractivity contribution >= 4 is 5.97 Å². The molecule has 4 heteroatoms. The van der Waals surface area contributed by atoms with Crippen molar-refractivity contribution in [2.45, 2.75) is 0 Å². The van der Waals surface area contributed by atoms with Crippen molar-refractivity contribution < 1.29 is 101 Å². The third kappa shape index (κ3) is 5.56. The van der Waals surface area contributed by atoms with Gasteiger partial charge in [-0.2, -0.15) is 0 Å². The van der Waals surface area contributed by atoms with E-state index in [4.69, 9.17) is 5.11 Å². The second kappa shape index (κ2) is 7.96. The molecule has 0 fully saturated rings. The summed E-state index contributed by atoms with van der Waals surface area (Å²) in [6.45, 7) is 0. The quantitative estimate of drug-likeness (QED) is 0.520. The summed E-state index contributed by atoms with van der Waals surface area (Å²) in [6.07, 6.45) is 0. The minimum absolute atomic E-state index is 0. The van der Waals surface area contributed by atoms with Gasteiger partial charge >= 0.3 is 93.7 Å². The standard InChI is InChI=1S/C7H6O2.Cs.Li.2H/c8-7(9)6-4-2-1-3-5-6;;;;/h1-5H,(H,8,9);;;;/q;2*+1;2*-1. The molecule has 0 radical (unpaired) electrons. The summed E-state index contributed by atoms with van der Waals surface area (Å²) in [5, 5.41) is 8.38. The van der Waals surface area contributed by atoms with Crippen LogP contribution in [0.15, 0.2) is 30.3 Å². The van der Waals surface area contributed by atoms with Gasteiger partial charge in [-0.1, -0.05) is 18.2 Å². The normalized spacial score (nSPS) is 7.27. The molecule has 0 spiro atoms. The first-order valence-electron chi connectivity index (χ1n) is 2.59. The first-order chi connectivity index (χ1) is 4.30. The molecule has 0 aromatic heterocycles. The molecular formula is C7H8CsLiO2. The van der Waals surface area contributed by atoms with E-state index in [-0.39, 0.29) is 90.6 Å². The predicted molar refractivity (Wildman–Crippen MR) is 35.6 cm³/mol. The number of carboxylic acids is 1. The van der Waals surface area contributed by atoms with Crippen molar-refractivity contribution in [3.63, 3.8) is 0 Å². The molecule has 0 aliphatic heterocycles. The first-order valence-corrected chi connectivity index (χ1v) is 2.59. The summed E-state index contributed by atoms with van der Waals surface area (Å²) in [5.41, 5.74) is 0.331. The fraction of sp³-hybridized carbons (Fsp3) is 0. The van der Waals surface area contributed by atoms with Crippen LogP contribution in [0, 0.1) is 0 Å². The van der Waals surface area contributed by atoms with Crippen molar-refractivity contribution in [3.8, 4) is 0 Å². The van der Waals surface area contributed by atoms with E-state index in [1.165, 1.54) is 0 Å². The number of hydrogen-bond acceptors (Lipinski definition) is 1. The third-order valence-electron chi connectivity index (χ3n) is 1.02. The van der Waals surface area contributed by atoms with Gasteiger partial charge in [0.15, 0.2) is 0 Å². The predicted octanol–water partition coefficient (Wildman–Crippen LogP) is -4.38. The third-order valence-corrected chi connectivity index (χ3v) is 1.02. The summed E-state index contributed by atoms with van der Waals surface area (Å²) in [5.74, 6) is -0.879. The van der Waals surface area contributed by atoms with Crippen LogP contribution in [0.2, 0.25) is 0 Å². The molecule has 0 heterocycles. The summed E-state index contributed by atoms with van der Waals surface area (Å²) in [4.78, 5) is 10.2. The molecule has 0 amide bonds. The molecule has 1 aromatic rings. The molecule has 1 N–H and O–H groups in total. The van der Waals surface area contributed by atoms with E-state index in [9.17, 15) is 4.79 Å². The van der Waals surface area contributed by atoms with Gasteiger partial charge in [0.05, 0.1) is 5.56 Å². The maximum atomic E-state index is 10.2. The van der Waals surface area contributed by atoms with Crippen LogP contribution in [-0.2, 0) is 0 Å². The van der Waals surface area contributed by atoms with Gasteiger partial charge in [0, 0.05) is 0 Å². The maximum Gasteiger partial charge on any atom is 1.00 e. The molecular weight excluding hydrogens is 256 g/mol. The Balaban J connectivity index is -0.000000101. The van der Waals surface area contributed by atoms with Crippen LogP contribution in [0.5, 0.6) is 0 Å². The van der Waals surface area contributed by atoms with Gasteiger partial charge < -0.3 is 7.96 Å². The van der Waals surface area contributed by atoms with E-state index in [1.54, 1.807) is 30.3 Å². The van der Waals surface area contributed by atoms with Crippen LogP contribution >= 0.6 is 0 Å². The van der Waals surface area contributed by atoms with Gasteiger partial charge in [-0.15, -0.1) is 0 Å². The smallest absolute Gasteiger partial charge is 1.00 e. The molecule has 1 rings (SSSR count). The van der Waals surface area contributed by atoms with Crippen molar-refractivity contribution in [3.05, 3.63) is 35.9 Å². The topological polar surface area (TPSA) is 37.3 Å². The molecule has 0 unspecified atom stereocenters. The summed E-state index contributed by atoms with van der Waals surface area (Å²) >= 11 is 0. The Hall–Kier alpha value is 1.34. The van der Waals surface area contributed by atoms with Crippen LogP contribution < -0.4 is 87.8 Å². The fourth-order valence-electron chi connectivity index (χ4n) is 0.581. The average Bonchev–Trinajstić information content (AvgIpc) is 1.90. The molecule has 0 saturated carbocycles. The molecule has 11 heavy (non-hydrogen) atoms. The van der Waals surface area contributed by atoms with Gasteiger partial charge in [-0.25, -0.2) is 4.79 Å². The summed E-state index contributed by atoms with van der Waals surface area (Å²) in [7, 11) is 0. The Labute approximate surface area is 139 Å². The van der Waals surface area contributed by atoms with Crippen LogP contribution in [-0.4, -0.2) is 11.1 Å². The Morgan fingerprint density at radius 1 is 1.27 bits per heavy atom. The van der Waals surface area contributed by atoms with Gasteiger partial charge in [0.2, 0.25) is 0 Å². The van der Waals surface area contributed by atoms with E-state index < -0.39 is 5.97 Å². The van der Waals surface area contributed by atoms with E-state index in [0.717, 1.165) is 0 Å². The van der Waals surface area contributed by atoms with Gasteiger partial charge in [-0.05, 0) is 12.1 Å². The van der Waals surface area contributed by atoms with Crippen molar-refractivity contribution in [1.82, 2.24) is 0 Å². The van der Waals surface area contributed by atoms with E-state index in [2.05, 4.69) is 0 Å². The fourth-order valence-corrected chi connectivity index (χ4v) is 0.581. The largest absolute Gasteiger partial charge is 1.00 e. The summed E-state index contributed by atoms with van der Waals surface area (Å²) in [6, 6.07) is 8.30. The van der Waals surface area contributed by atoms with Gasteiger partial charge in [-0.3, -0.25) is 0 Å². The van der Waals surface area contributed by atoms with E-state index in [0.29, 0.717) is 5.56 Å². The minimum atomic E-state index is -0.879. The molecule has 50 valence electrons. The van der Waals surface area contributed by atoms with E-state index >= 15 is 0 Å². The number of carbonyl (C=O) groups is 1. The Morgan fingerprint density at radius 2 is 1.73 bits per heavy atom. The molecule has 1 aromatic carbocycles. The Morgan fingerprint density at radius 3 is 2.00 bits per heavy atom. The minimum Gasteiger partial charge on any atom is -1.00 e. The molecule has 0 saturated heterocycles. The van der Waals surface area contributed by atoms with Crippen molar-refractivity contribution in [1.29, 1.82) is 0 Å². The van der Waals surface area contributed by atoms with Crippen molar-refractivity contribution in [2.75, 3.05) is 0 Å². The number of carboxylic acid groups (broad SMARTS) is 1. The first kappa shape index (κ1) is 14.8. The monoisotopic (exact) mass is 264 g/mol. The zero-order valence-corrected chi connectivity index (χ0v) is 13.0. The molecule has 0 aliphatic carbocycles. The van der Waals surface area contributed by atoms with Crippen molar-refractivity contribution in [2.24, 2.45) is 0 Å². The second-order valence-corrected chi connectivity index (χ2v) is 1.67. The average molecular weight is 264 g/mol. The second-order valence-electron chi connectivity index (χ2n) is 1.67. The maximum absolute atomic E-state index is 10.2. The van der Waals surface area contributed by atoms with Crippen LogP contribution in [0.1, 0.15) is 13.2 Å². The summed E-state index contributed by atoms with van der Waals surface area (Å²) < 4.78 is 0. The van der Waals surface area contributed by atoms with E-state index in [1.807, 2.05) is 0 Å². The van der Waals surface area contributed by atoms with Crippen LogP contribution in [0.3, 0.4) is 0 Å². The Kier molecular flexibility index (Phi) is 10.7. The number of benzene rings is 1. The molecule has 0 bridgehead atoms. The van der Waals surface area contributed by atoms with Crippen LogP contribution in [0.4, 0.5) is 0 Å². The van der Waals surface area contributed by atoms with Gasteiger partial charge in [0.25, 0.3) is 0 Å². The van der Waals surface area contributed by atoms with Gasteiger partial charge in [0.1, 0.15) is 0 Å². The Bertz CT molecular complexity index is 221. The number of aromatic carboxylic acids is 1. The molecule has 2 nitrogen and oxygen atoms in total. The zero-order valence-electron chi connectivity index (χ0n) is 8.74. The molecule has 0 atom stereocenters. The number of hydrogen-bond donors (Lipinski definition) is 1. The zero-order chi connectivity index (χ0) is 6.69. The number of rotatable bonds is 1. The molecule has 0 aliphatic rings. The van der Waals surface area contributed by atoms with Crippen LogP contribution in [0.25, 0.3) is 0 Å². The SMILES string of the molecule is O=C(O)c1ccccc1.[Cs+].[H-].[H-].[Li+].